The molecule has 1 aromatic heterocycles. The first-order valence-electron chi connectivity index (χ1n) is 8.60. The molecule has 0 saturated carbocycles. The molecule has 0 bridgehead atoms. The molecule has 1 atom stereocenters. The molecule has 1 unspecified atom stereocenters. The van der Waals surface area contributed by atoms with Crippen molar-refractivity contribution in [3.05, 3.63) is 46.2 Å². The van der Waals surface area contributed by atoms with Crippen molar-refractivity contribution in [2.24, 2.45) is 5.92 Å². The van der Waals surface area contributed by atoms with E-state index in [0.29, 0.717) is 19.8 Å². The van der Waals surface area contributed by atoms with Crippen molar-refractivity contribution < 1.29 is 14.3 Å². The zero-order chi connectivity index (χ0) is 17.6. The molecule has 0 radical (unpaired) electrons. The van der Waals surface area contributed by atoms with Crippen LogP contribution in [0, 0.1) is 5.92 Å². The second-order valence-corrected chi connectivity index (χ2v) is 7.39. The van der Waals surface area contributed by atoms with Crippen LogP contribution < -0.4 is 20.1 Å². The third-order valence-electron chi connectivity index (χ3n) is 4.12. The van der Waals surface area contributed by atoms with E-state index in [9.17, 15) is 4.79 Å². The van der Waals surface area contributed by atoms with Gasteiger partial charge in [0.05, 0.1) is 6.04 Å². The van der Waals surface area contributed by atoms with Crippen LogP contribution in [0.1, 0.15) is 30.3 Å². The number of thiophene rings is 1. The molecular weight excluding hydrogens is 336 g/mol. The molecule has 134 valence electrons. The predicted molar refractivity (Wildman–Crippen MR) is 99.6 cm³/mol. The van der Waals surface area contributed by atoms with Crippen LogP contribution in [0.15, 0.2) is 35.7 Å². The third kappa shape index (κ3) is 4.66. The van der Waals surface area contributed by atoms with Crippen LogP contribution >= 0.6 is 11.3 Å². The van der Waals surface area contributed by atoms with Gasteiger partial charge in [0.1, 0.15) is 13.2 Å². The molecule has 0 fully saturated rings. The number of urea groups is 1. The molecule has 0 saturated heterocycles. The van der Waals surface area contributed by atoms with Crippen molar-refractivity contribution in [3.8, 4) is 11.5 Å². The molecule has 2 N–H and O–H groups in total. The SMILES string of the molecule is CC(C)C(NC(=O)NCCc1cccs1)c1ccc2c(c1)OCCO2. The molecule has 1 aromatic carbocycles. The van der Waals surface area contributed by atoms with Gasteiger partial charge >= 0.3 is 6.03 Å². The summed E-state index contributed by atoms with van der Waals surface area (Å²) in [6.45, 7) is 5.93. The molecule has 1 aliphatic rings. The number of carbonyl (C=O) groups is 1. The van der Waals surface area contributed by atoms with E-state index in [2.05, 4.69) is 30.5 Å². The minimum Gasteiger partial charge on any atom is -0.486 e. The highest BCUT2D eigenvalue weighted by Gasteiger charge is 2.21. The Morgan fingerprint density at radius 3 is 2.72 bits per heavy atom. The number of hydrogen-bond acceptors (Lipinski definition) is 4. The highest BCUT2D eigenvalue weighted by molar-refractivity contribution is 7.09. The van der Waals surface area contributed by atoms with Gasteiger partial charge < -0.3 is 20.1 Å². The number of nitrogens with one attached hydrogen (secondary N) is 2. The lowest BCUT2D eigenvalue weighted by molar-refractivity contribution is 0.171. The Morgan fingerprint density at radius 2 is 2.00 bits per heavy atom. The van der Waals surface area contributed by atoms with Gasteiger partial charge in [-0.1, -0.05) is 26.0 Å². The predicted octanol–water partition coefficient (Wildman–Crippen LogP) is 3.76. The highest BCUT2D eigenvalue weighted by Crippen LogP contribution is 2.34. The number of fused-ring (bicyclic) bond motifs is 1. The molecule has 0 spiro atoms. The Morgan fingerprint density at radius 1 is 1.20 bits per heavy atom. The zero-order valence-electron chi connectivity index (χ0n) is 14.6. The standard InChI is InChI=1S/C19H24N2O3S/c1-13(2)18(14-5-6-16-17(12-14)24-10-9-23-16)21-19(22)20-8-7-15-4-3-11-25-15/h3-6,11-13,18H,7-10H2,1-2H3,(H2,20,21,22). The van der Waals surface area contributed by atoms with Crippen molar-refractivity contribution >= 4 is 17.4 Å². The van der Waals surface area contributed by atoms with Crippen molar-refractivity contribution in [1.82, 2.24) is 10.6 Å². The molecule has 6 heteroatoms. The number of hydrogen-bond donors (Lipinski definition) is 2. The maximum absolute atomic E-state index is 12.3. The van der Waals surface area contributed by atoms with Gasteiger partial charge in [0.25, 0.3) is 0 Å². The molecule has 2 amide bonds. The zero-order valence-corrected chi connectivity index (χ0v) is 15.4. The largest absolute Gasteiger partial charge is 0.486 e. The number of amides is 2. The minimum absolute atomic E-state index is 0.0856. The van der Waals surface area contributed by atoms with Gasteiger partial charge in [0.15, 0.2) is 11.5 Å². The van der Waals surface area contributed by atoms with Crippen LogP contribution in [0.25, 0.3) is 0 Å². The fourth-order valence-corrected chi connectivity index (χ4v) is 3.54. The summed E-state index contributed by atoms with van der Waals surface area (Å²) >= 11 is 1.71. The van der Waals surface area contributed by atoms with E-state index in [1.54, 1.807) is 11.3 Å². The lowest BCUT2D eigenvalue weighted by Crippen LogP contribution is -2.40. The van der Waals surface area contributed by atoms with Crippen LogP contribution in [-0.2, 0) is 6.42 Å². The van der Waals surface area contributed by atoms with Gasteiger partial charge in [-0.25, -0.2) is 4.79 Å². The maximum Gasteiger partial charge on any atom is 0.315 e. The Labute approximate surface area is 152 Å². The van der Waals surface area contributed by atoms with Crippen LogP contribution in [0.2, 0.25) is 0 Å². The Hall–Kier alpha value is -2.21. The topological polar surface area (TPSA) is 59.6 Å². The summed E-state index contributed by atoms with van der Waals surface area (Å²) in [5, 5.41) is 8.06. The summed E-state index contributed by atoms with van der Waals surface area (Å²) in [7, 11) is 0. The van der Waals surface area contributed by atoms with Crippen LogP contribution in [0.4, 0.5) is 4.79 Å². The normalized spacial score (nSPS) is 14.2. The van der Waals surface area contributed by atoms with E-state index >= 15 is 0 Å². The van der Waals surface area contributed by atoms with E-state index in [1.165, 1.54) is 4.88 Å². The average molecular weight is 360 g/mol. The molecule has 2 heterocycles. The number of rotatable bonds is 6. The van der Waals surface area contributed by atoms with E-state index in [-0.39, 0.29) is 18.0 Å². The third-order valence-corrected chi connectivity index (χ3v) is 5.05. The Bertz CT molecular complexity index is 701. The smallest absolute Gasteiger partial charge is 0.315 e. The maximum atomic E-state index is 12.3. The summed E-state index contributed by atoms with van der Waals surface area (Å²) in [4.78, 5) is 13.5. The summed E-state index contributed by atoms with van der Waals surface area (Å²) in [5.41, 5.74) is 1.02. The summed E-state index contributed by atoms with van der Waals surface area (Å²) in [6, 6.07) is 9.74. The monoisotopic (exact) mass is 360 g/mol. The second kappa shape index (κ2) is 8.25. The van der Waals surface area contributed by atoms with Crippen molar-refractivity contribution in [3.63, 3.8) is 0 Å². The van der Waals surface area contributed by atoms with Gasteiger partial charge in [-0.3, -0.25) is 0 Å². The van der Waals surface area contributed by atoms with Crippen LogP contribution in [0.3, 0.4) is 0 Å². The first-order chi connectivity index (χ1) is 12.1. The molecule has 2 aromatic rings. The molecule has 3 rings (SSSR count). The van der Waals surface area contributed by atoms with E-state index in [0.717, 1.165) is 23.5 Å². The van der Waals surface area contributed by atoms with Crippen molar-refractivity contribution in [2.45, 2.75) is 26.3 Å². The molecule has 5 nitrogen and oxygen atoms in total. The minimum atomic E-state index is -0.148. The molecule has 25 heavy (non-hydrogen) atoms. The van der Waals surface area contributed by atoms with Crippen LogP contribution in [0.5, 0.6) is 11.5 Å². The first-order valence-corrected chi connectivity index (χ1v) is 9.48. The Kier molecular flexibility index (Phi) is 5.81. The van der Waals surface area contributed by atoms with Crippen molar-refractivity contribution in [2.75, 3.05) is 19.8 Å². The first kappa shape index (κ1) is 17.6. The summed E-state index contributed by atoms with van der Waals surface area (Å²) in [6.07, 6.45) is 0.849. The fourth-order valence-electron chi connectivity index (χ4n) is 2.83. The van der Waals surface area contributed by atoms with Gasteiger partial charge in [-0.15, -0.1) is 11.3 Å². The lowest BCUT2D eigenvalue weighted by atomic mass is 9.95. The van der Waals surface area contributed by atoms with Crippen molar-refractivity contribution in [1.29, 1.82) is 0 Å². The summed E-state index contributed by atoms with van der Waals surface area (Å²) in [5.74, 6) is 1.76. The van der Waals surface area contributed by atoms with Gasteiger partial charge in [0.2, 0.25) is 0 Å². The van der Waals surface area contributed by atoms with Gasteiger partial charge in [-0.05, 0) is 41.5 Å². The quantitative estimate of drug-likeness (QED) is 0.825. The van der Waals surface area contributed by atoms with Gasteiger partial charge in [-0.2, -0.15) is 0 Å². The van der Waals surface area contributed by atoms with E-state index in [4.69, 9.17) is 9.47 Å². The number of ether oxygens (including phenoxy) is 2. The molecule has 0 aliphatic carbocycles. The number of carbonyl (C=O) groups excluding carboxylic acids is 1. The highest BCUT2D eigenvalue weighted by atomic mass is 32.1. The fraction of sp³-hybridized carbons (Fsp3) is 0.421. The molecular formula is C19H24N2O3S. The lowest BCUT2D eigenvalue weighted by Gasteiger charge is -2.25. The molecule has 1 aliphatic heterocycles. The Balaban J connectivity index is 1.59. The van der Waals surface area contributed by atoms with E-state index < -0.39 is 0 Å². The average Bonchev–Trinajstić information content (AvgIpc) is 3.12. The van der Waals surface area contributed by atoms with E-state index in [1.807, 2.05) is 29.6 Å². The van der Waals surface area contributed by atoms with Crippen LogP contribution in [-0.4, -0.2) is 25.8 Å². The second-order valence-electron chi connectivity index (χ2n) is 6.35. The van der Waals surface area contributed by atoms with Gasteiger partial charge in [0, 0.05) is 11.4 Å². The summed E-state index contributed by atoms with van der Waals surface area (Å²) < 4.78 is 11.2. The number of benzene rings is 1.